The highest BCUT2D eigenvalue weighted by atomic mass is 32.1. The first-order chi connectivity index (χ1) is 14.0. The van der Waals surface area contributed by atoms with Gasteiger partial charge in [-0.3, -0.25) is 9.59 Å². The first kappa shape index (κ1) is 21.5. The molecule has 2 aromatic rings. The summed E-state index contributed by atoms with van der Waals surface area (Å²) in [7, 11) is 0. The van der Waals surface area contributed by atoms with Crippen LogP contribution in [0, 0.1) is 11.8 Å². The summed E-state index contributed by atoms with van der Waals surface area (Å²) in [5.41, 5.74) is 2.91. The van der Waals surface area contributed by atoms with Crippen LogP contribution in [0.2, 0.25) is 0 Å². The number of amides is 2. The Kier molecular flexibility index (Phi) is 7.81. The minimum Gasteiger partial charge on any atom is -0.352 e. The van der Waals surface area contributed by atoms with Gasteiger partial charge in [-0.25, -0.2) is 4.98 Å². The van der Waals surface area contributed by atoms with Crippen molar-refractivity contribution in [1.29, 1.82) is 0 Å². The topological polar surface area (TPSA) is 71.1 Å². The predicted octanol–water partition coefficient (Wildman–Crippen LogP) is 5.38. The average molecular weight is 414 g/mol. The Labute approximate surface area is 177 Å². The van der Waals surface area contributed by atoms with Gasteiger partial charge in [0.15, 0.2) is 5.13 Å². The summed E-state index contributed by atoms with van der Waals surface area (Å²) < 4.78 is 0. The van der Waals surface area contributed by atoms with Crippen LogP contribution in [0.3, 0.4) is 0 Å². The third-order valence-electron chi connectivity index (χ3n) is 5.71. The number of thiazole rings is 1. The molecular weight excluding hydrogens is 382 g/mol. The maximum atomic E-state index is 12.6. The van der Waals surface area contributed by atoms with Gasteiger partial charge in [-0.05, 0) is 37.2 Å². The van der Waals surface area contributed by atoms with Crippen LogP contribution in [0.5, 0.6) is 0 Å². The van der Waals surface area contributed by atoms with E-state index in [2.05, 4.69) is 22.5 Å². The minimum absolute atomic E-state index is 0.0385. The Hall–Kier alpha value is -2.21. The second kappa shape index (κ2) is 10.5. The number of hydrogen-bond acceptors (Lipinski definition) is 4. The fraction of sp³-hybridized carbons (Fsp3) is 0.522. The molecule has 1 aliphatic rings. The van der Waals surface area contributed by atoms with Crippen molar-refractivity contribution < 1.29 is 9.59 Å². The van der Waals surface area contributed by atoms with E-state index >= 15 is 0 Å². The van der Waals surface area contributed by atoms with Crippen LogP contribution in [0.1, 0.15) is 64.4 Å². The molecule has 6 heteroatoms. The van der Waals surface area contributed by atoms with Crippen LogP contribution in [0.4, 0.5) is 5.13 Å². The molecule has 5 nitrogen and oxygen atoms in total. The molecular formula is C23H31N3O2S. The zero-order valence-electron chi connectivity index (χ0n) is 17.4. The van der Waals surface area contributed by atoms with E-state index in [1.54, 1.807) is 0 Å². The van der Waals surface area contributed by atoms with Crippen molar-refractivity contribution in [2.75, 3.05) is 5.32 Å². The lowest BCUT2D eigenvalue weighted by atomic mass is 9.79. The molecule has 1 saturated carbocycles. The lowest BCUT2D eigenvalue weighted by Gasteiger charge is -2.27. The van der Waals surface area contributed by atoms with Gasteiger partial charge in [-0.2, -0.15) is 0 Å². The molecule has 1 fully saturated rings. The first-order valence-electron chi connectivity index (χ1n) is 10.6. The van der Waals surface area contributed by atoms with Gasteiger partial charge < -0.3 is 10.6 Å². The Bertz CT molecular complexity index is 808. The van der Waals surface area contributed by atoms with Gasteiger partial charge in [-0.15, -0.1) is 11.3 Å². The predicted molar refractivity (Wildman–Crippen MR) is 119 cm³/mol. The number of nitrogens with zero attached hydrogens (tertiary/aromatic N) is 1. The van der Waals surface area contributed by atoms with Gasteiger partial charge in [-0.1, -0.05) is 50.5 Å². The van der Waals surface area contributed by atoms with E-state index in [4.69, 9.17) is 0 Å². The normalized spacial score (nSPS) is 19.0. The summed E-state index contributed by atoms with van der Waals surface area (Å²) in [6.07, 6.45) is 8.20. The van der Waals surface area contributed by atoms with Crippen molar-refractivity contribution in [2.24, 2.45) is 11.8 Å². The maximum Gasteiger partial charge on any atom is 0.229 e. The van der Waals surface area contributed by atoms with E-state index in [1.165, 1.54) is 50.4 Å². The lowest BCUT2D eigenvalue weighted by molar-refractivity contribution is -0.121. The highest BCUT2D eigenvalue weighted by Gasteiger charge is 2.26. The molecule has 0 radical (unpaired) electrons. The first-order valence-corrected chi connectivity index (χ1v) is 11.5. The average Bonchev–Trinajstić information content (AvgIpc) is 3.20. The second-order valence-corrected chi connectivity index (χ2v) is 8.85. The summed E-state index contributed by atoms with van der Waals surface area (Å²) in [4.78, 5) is 28.2. The quantitative estimate of drug-likeness (QED) is 0.610. The maximum absolute atomic E-state index is 12.6. The smallest absolute Gasteiger partial charge is 0.229 e. The highest BCUT2D eigenvalue weighted by Crippen LogP contribution is 2.33. The summed E-state index contributed by atoms with van der Waals surface area (Å²) in [5.74, 6) is 1.00. The molecule has 0 saturated heterocycles. The molecule has 0 aliphatic heterocycles. The molecule has 0 bridgehead atoms. The van der Waals surface area contributed by atoms with Crippen molar-refractivity contribution in [1.82, 2.24) is 10.3 Å². The van der Waals surface area contributed by atoms with Crippen LogP contribution in [-0.4, -0.2) is 16.8 Å². The minimum atomic E-state index is -0.0385. The molecule has 29 heavy (non-hydrogen) atoms. The molecule has 0 atom stereocenters. The summed E-state index contributed by atoms with van der Waals surface area (Å²) in [6.45, 7) is 4.27. The summed E-state index contributed by atoms with van der Waals surface area (Å²) >= 11 is 1.47. The fourth-order valence-electron chi connectivity index (χ4n) is 3.90. The second-order valence-electron chi connectivity index (χ2n) is 7.99. The van der Waals surface area contributed by atoms with E-state index in [-0.39, 0.29) is 17.7 Å². The van der Waals surface area contributed by atoms with E-state index in [9.17, 15) is 9.59 Å². The monoisotopic (exact) mass is 413 g/mol. The van der Waals surface area contributed by atoms with E-state index in [0.29, 0.717) is 11.7 Å². The molecule has 1 aromatic heterocycles. The SMILES string of the molecule is CCCCC1CCC(C(=O)Nc2nc(-c3ccc(CNC(C)=O)cc3)cs2)CC1. The molecule has 1 aliphatic carbocycles. The van der Waals surface area contributed by atoms with Crippen LogP contribution < -0.4 is 10.6 Å². The molecule has 2 amide bonds. The number of nitrogens with one attached hydrogen (secondary N) is 2. The van der Waals surface area contributed by atoms with Gasteiger partial charge in [0.05, 0.1) is 5.69 Å². The third-order valence-corrected chi connectivity index (χ3v) is 6.47. The van der Waals surface area contributed by atoms with Crippen LogP contribution in [0.15, 0.2) is 29.6 Å². The molecule has 1 aromatic carbocycles. The number of unbranched alkanes of at least 4 members (excludes halogenated alkanes) is 1. The largest absolute Gasteiger partial charge is 0.352 e. The Morgan fingerprint density at radius 3 is 2.52 bits per heavy atom. The zero-order chi connectivity index (χ0) is 20.6. The number of anilines is 1. The number of aromatic nitrogens is 1. The Morgan fingerprint density at radius 2 is 1.86 bits per heavy atom. The molecule has 3 rings (SSSR count). The van der Waals surface area contributed by atoms with Gasteiger partial charge in [0, 0.05) is 30.3 Å². The third kappa shape index (κ3) is 6.39. The number of benzene rings is 1. The Morgan fingerprint density at radius 1 is 1.14 bits per heavy atom. The summed E-state index contributed by atoms with van der Waals surface area (Å²) in [6, 6.07) is 7.96. The van der Waals surface area contributed by atoms with Crippen LogP contribution in [-0.2, 0) is 16.1 Å². The van der Waals surface area contributed by atoms with Crippen molar-refractivity contribution in [3.63, 3.8) is 0 Å². The van der Waals surface area contributed by atoms with E-state index in [1.807, 2.05) is 29.6 Å². The van der Waals surface area contributed by atoms with Crippen molar-refractivity contribution in [3.8, 4) is 11.3 Å². The number of carbonyl (C=O) groups is 2. The number of carbonyl (C=O) groups excluding carboxylic acids is 2. The van der Waals surface area contributed by atoms with Gasteiger partial charge >= 0.3 is 0 Å². The van der Waals surface area contributed by atoms with Crippen molar-refractivity contribution >= 4 is 28.3 Å². The number of hydrogen-bond donors (Lipinski definition) is 2. The molecule has 156 valence electrons. The fourth-order valence-corrected chi connectivity index (χ4v) is 4.62. The van der Waals surface area contributed by atoms with Gasteiger partial charge in [0.25, 0.3) is 0 Å². The zero-order valence-corrected chi connectivity index (χ0v) is 18.2. The van der Waals surface area contributed by atoms with Crippen molar-refractivity contribution in [3.05, 3.63) is 35.2 Å². The standard InChI is InChI=1S/C23H31N3O2S/c1-3-4-5-17-6-12-20(13-7-17)22(28)26-23-25-21(15-29-23)19-10-8-18(9-11-19)14-24-16(2)27/h8-11,15,17,20H,3-7,12-14H2,1-2H3,(H,24,27)(H,25,26,28). The Balaban J connectivity index is 1.51. The molecule has 2 N–H and O–H groups in total. The van der Waals surface area contributed by atoms with Gasteiger partial charge in [0.2, 0.25) is 11.8 Å². The van der Waals surface area contributed by atoms with Crippen LogP contribution >= 0.6 is 11.3 Å². The number of rotatable bonds is 8. The highest BCUT2D eigenvalue weighted by molar-refractivity contribution is 7.14. The van der Waals surface area contributed by atoms with Gasteiger partial charge in [0.1, 0.15) is 0 Å². The van der Waals surface area contributed by atoms with Crippen molar-refractivity contribution in [2.45, 2.75) is 65.3 Å². The lowest BCUT2D eigenvalue weighted by Crippen LogP contribution is -2.27. The van der Waals surface area contributed by atoms with E-state index < -0.39 is 0 Å². The van der Waals surface area contributed by atoms with Crippen LogP contribution in [0.25, 0.3) is 11.3 Å². The molecule has 0 spiro atoms. The summed E-state index contributed by atoms with van der Waals surface area (Å²) in [5, 5.41) is 8.45. The van der Waals surface area contributed by atoms with E-state index in [0.717, 1.165) is 35.6 Å². The molecule has 1 heterocycles. The molecule has 0 unspecified atom stereocenters.